The zero-order chi connectivity index (χ0) is 23.5. The lowest BCUT2D eigenvalue weighted by Crippen LogP contribution is -2.47. The van der Waals surface area contributed by atoms with Crippen molar-refractivity contribution < 1.29 is 9.53 Å². The molecule has 1 aliphatic rings. The van der Waals surface area contributed by atoms with Crippen molar-refractivity contribution in [3.63, 3.8) is 0 Å². The Bertz CT molecular complexity index is 1260. The first-order valence-corrected chi connectivity index (χ1v) is 11.1. The van der Waals surface area contributed by atoms with Crippen molar-refractivity contribution in [3.05, 3.63) is 59.9 Å². The minimum absolute atomic E-state index is 0.0427. The summed E-state index contributed by atoms with van der Waals surface area (Å²) in [5, 5.41) is 3.18. The molecule has 10 nitrogen and oxygen atoms in total. The van der Waals surface area contributed by atoms with Crippen molar-refractivity contribution in [2.45, 2.75) is 6.54 Å². The Morgan fingerprint density at radius 2 is 1.76 bits per heavy atom. The number of imidazole rings is 1. The summed E-state index contributed by atoms with van der Waals surface area (Å²) in [5.74, 6) is 1.65. The molecular weight excluding hydrogens is 432 g/mol. The maximum absolute atomic E-state index is 12.8. The van der Waals surface area contributed by atoms with Crippen LogP contribution in [-0.4, -0.2) is 81.0 Å². The second-order valence-corrected chi connectivity index (χ2v) is 8.20. The van der Waals surface area contributed by atoms with Gasteiger partial charge in [-0.3, -0.25) is 4.79 Å². The Morgan fingerprint density at radius 3 is 2.50 bits per heavy atom. The molecule has 0 saturated carbocycles. The maximum Gasteiger partial charge on any atom is 0.321 e. The molecule has 1 saturated heterocycles. The average Bonchev–Trinajstić information content (AvgIpc) is 3.30. The largest absolute Gasteiger partial charge is 0.467 e. The molecule has 1 amide bonds. The first kappa shape index (κ1) is 21.8. The van der Waals surface area contributed by atoms with Gasteiger partial charge in [-0.1, -0.05) is 24.3 Å². The molecule has 0 bridgehead atoms. The summed E-state index contributed by atoms with van der Waals surface area (Å²) in [4.78, 5) is 38.0. The number of rotatable bonds is 6. The van der Waals surface area contributed by atoms with E-state index in [0.29, 0.717) is 23.9 Å². The van der Waals surface area contributed by atoms with Gasteiger partial charge >= 0.3 is 6.01 Å². The molecule has 34 heavy (non-hydrogen) atoms. The van der Waals surface area contributed by atoms with E-state index in [9.17, 15) is 4.79 Å². The highest BCUT2D eigenvalue weighted by atomic mass is 16.5. The zero-order valence-corrected chi connectivity index (χ0v) is 19.2. The molecule has 5 rings (SSSR count). The topological polar surface area (TPSA) is 112 Å². The summed E-state index contributed by atoms with van der Waals surface area (Å²) in [5.41, 5.74) is 3.29. The van der Waals surface area contributed by atoms with Gasteiger partial charge in [0, 0.05) is 37.3 Å². The third-order valence-corrected chi connectivity index (χ3v) is 5.83. The van der Waals surface area contributed by atoms with Crippen LogP contribution >= 0.6 is 0 Å². The number of hydrogen-bond donors (Lipinski definition) is 2. The fourth-order valence-electron chi connectivity index (χ4n) is 3.86. The predicted octanol–water partition coefficient (Wildman–Crippen LogP) is 2.42. The van der Waals surface area contributed by atoms with Gasteiger partial charge in [0.1, 0.15) is 5.82 Å². The molecule has 0 spiro atoms. The number of methoxy groups -OCH3 is 1. The lowest BCUT2D eigenvalue weighted by molar-refractivity contribution is 0.0664. The Hall–Kier alpha value is -4.05. The van der Waals surface area contributed by atoms with Crippen molar-refractivity contribution >= 4 is 22.9 Å². The number of likely N-dealkylation sites (N-methyl/N-ethyl adjacent to an activating group) is 1. The number of carbonyl (C=O) groups is 1. The number of carbonyl (C=O) groups excluding carboxylic acids is 1. The van der Waals surface area contributed by atoms with Crippen LogP contribution < -0.4 is 10.1 Å². The minimum atomic E-state index is 0.0427. The van der Waals surface area contributed by atoms with Gasteiger partial charge in [-0.2, -0.15) is 15.0 Å². The second-order valence-electron chi connectivity index (χ2n) is 8.20. The van der Waals surface area contributed by atoms with Crippen molar-refractivity contribution in [1.29, 1.82) is 0 Å². The van der Waals surface area contributed by atoms with E-state index in [-0.39, 0.29) is 11.9 Å². The number of aromatic nitrogens is 5. The van der Waals surface area contributed by atoms with Gasteiger partial charge in [-0.25, -0.2) is 4.98 Å². The molecule has 2 aromatic heterocycles. The van der Waals surface area contributed by atoms with Gasteiger partial charge in [0.25, 0.3) is 5.91 Å². The monoisotopic (exact) mass is 458 g/mol. The fraction of sp³-hybridized carbons (Fsp3) is 0.292. The van der Waals surface area contributed by atoms with Crippen LogP contribution in [0.5, 0.6) is 6.01 Å². The van der Waals surface area contributed by atoms with E-state index in [4.69, 9.17) is 4.74 Å². The van der Waals surface area contributed by atoms with Crippen LogP contribution in [0.3, 0.4) is 0 Å². The van der Waals surface area contributed by atoms with Gasteiger partial charge in [0.2, 0.25) is 5.95 Å². The van der Waals surface area contributed by atoms with E-state index in [1.807, 2.05) is 53.4 Å². The lowest BCUT2D eigenvalue weighted by atomic mass is 10.1. The first-order valence-electron chi connectivity index (χ1n) is 11.1. The number of hydrogen-bond acceptors (Lipinski definition) is 8. The molecule has 174 valence electrons. The molecular formula is C24H26N8O2. The van der Waals surface area contributed by atoms with Crippen LogP contribution in [0.4, 0.5) is 5.95 Å². The minimum Gasteiger partial charge on any atom is -0.467 e. The molecule has 1 aliphatic heterocycles. The summed E-state index contributed by atoms with van der Waals surface area (Å²) in [6.07, 6.45) is 0. The first-order chi connectivity index (χ1) is 16.6. The van der Waals surface area contributed by atoms with Crippen molar-refractivity contribution in [1.82, 2.24) is 34.7 Å². The highest BCUT2D eigenvalue weighted by molar-refractivity contribution is 5.94. The summed E-state index contributed by atoms with van der Waals surface area (Å²) < 4.78 is 5.28. The van der Waals surface area contributed by atoms with E-state index < -0.39 is 0 Å². The Labute approximate surface area is 197 Å². The number of nitrogens with one attached hydrogen (secondary N) is 2. The summed E-state index contributed by atoms with van der Waals surface area (Å²) in [7, 11) is 3.58. The number of anilines is 1. The smallest absolute Gasteiger partial charge is 0.321 e. The fourth-order valence-corrected chi connectivity index (χ4v) is 3.86. The van der Waals surface area contributed by atoms with Crippen LogP contribution in [0.1, 0.15) is 16.2 Å². The number of ether oxygens (including phenoxy) is 1. The van der Waals surface area contributed by atoms with Crippen LogP contribution in [0.25, 0.3) is 22.4 Å². The number of amides is 1. The standard InChI is InChI=1S/C24H26N8O2/c1-31-11-13-32(14-12-31)22(33)17-9-7-16(8-10-17)21-28-23(30-24(29-21)34-2)25-15-20-26-18-5-3-4-6-19(18)27-20/h3-10H,11-15H2,1-2H3,(H,26,27)(H,25,28,29,30). The van der Waals surface area contributed by atoms with Crippen LogP contribution in [0, 0.1) is 0 Å². The zero-order valence-electron chi connectivity index (χ0n) is 19.2. The predicted molar refractivity (Wildman–Crippen MR) is 129 cm³/mol. The van der Waals surface area contributed by atoms with Crippen molar-refractivity contribution in [3.8, 4) is 17.4 Å². The molecule has 0 radical (unpaired) electrons. The van der Waals surface area contributed by atoms with Gasteiger partial charge in [-0.05, 0) is 31.3 Å². The number of benzene rings is 2. The van der Waals surface area contributed by atoms with Crippen LogP contribution in [0.15, 0.2) is 48.5 Å². The normalized spacial score (nSPS) is 14.4. The van der Waals surface area contributed by atoms with Gasteiger partial charge < -0.3 is 24.8 Å². The lowest BCUT2D eigenvalue weighted by Gasteiger charge is -2.32. The number of aromatic amines is 1. The molecule has 1 fully saturated rings. The van der Waals surface area contributed by atoms with Gasteiger partial charge in [0.15, 0.2) is 5.82 Å². The van der Waals surface area contributed by atoms with Crippen molar-refractivity contribution in [2.24, 2.45) is 0 Å². The van der Waals surface area contributed by atoms with Gasteiger partial charge in [-0.15, -0.1) is 0 Å². The quantitative estimate of drug-likeness (QED) is 0.453. The molecule has 0 aliphatic carbocycles. The SMILES string of the molecule is COc1nc(NCc2nc3ccccc3[nH]2)nc(-c2ccc(C(=O)N3CCN(C)CC3)cc2)n1. The Kier molecular flexibility index (Phi) is 6.05. The summed E-state index contributed by atoms with van der Waals surface area (Å²) in [6.45, 7) is 3.67. The van der Waals surface area contributed by atoms with Gasteiger partial charge in [0.05, 0.1) is 24.7 Å². The molecule has 2 aromatic carbocycles. The van der Waals surface area contributed by atoms with Crippen LogP contribution in [0.2, 0.25) is 0 Å². The molecule has 10 heteroatoms. The molecule has 0 unspecified atom stereocenters. The molecule has 4 aromatic rings. The Balaban J connectivity index is 1.32. The van der Waals surface area contributed by atoms with E-state index in [2.05, 4.69) is 42.2 Å². The Morgan fingerprint density at radius 1 is 1.00 bits per heavy atom. The van der Waals surface area contributed by atoms with E-state index in [1.54, 1.807) is 0 Å². The van der Waals surface area contributed by atoms with Crippen molar-refractivity contribution in [2.75, 3.05) is 45.7 Å². The summed E-state index contributed by atoms with van der Waals surface area (Å²) in [6, 6.07) is 15.4. The number of para-hydroxylation sites is 2. The number of piperazine rings is 1. The van der Waals surface area contributed by atoms with E-state index in [0.717, 1.165) is 48.6 Å². The molecule has 0 atom stereocenters. The second kappa shape index (κ2) is 9.44. The summed E-state index contributed by atoms with van der Waals surface area (Å²) >= 11 is 0. The van der Waals surface area contributed by atoms with E-state index >= 15 is 0 Å². The van der Waals surface area contributed by atoms with Crippen LogP contribution in [-0.2, 0) is 6.54 Å². The number of H-pyrrole nitrogens is 1. The molecule has 2 N–H and O–H groups in total. The highest BCUT2D eigenvalue weighted by Crippen LogP contribution is 2.21. The maximum atomic E-state index is 12.8. The third-order valence-electron chi connectivity index (χ3n) is 5.83. The highest BCUT2D eigenvalue weighted by Gasteiger charge is 2.20. The van der Waals surface area contributed by atoms with E-state index in [1.165, 1.54) is 7.11 Å². The average molecular weight is 459 g/mol. The number of nitrogens with zero attached hydrogens (tertiary/aromatic N) is 6. The molecule has 3 heterocycles. The third kappa shape index (κ3) is 4.67. The number of fused-ring (bicyclic) bond motifs is 1.